The van der Waals surface area contributed by atoms with Crippen LogP contribution in [0.1, 0.15) is 17.7 Å². The number of hydrogen-bond donors (Lipinski definition) is 0. The molecule has 0 amide bonds. The lowest BCUT2D eigenvalue weighted by molar-refractivity contribution is -0.137. The highest BCUT2D eigenvalue weighted by Crippen LogP contribution is 2.39. The van der Waals surface area contributed by atoms with Crippen LogP contribution in [0, 0.1) is 0 Å². The molecule has 15 heavy (non-hydrogen) atoms. The van der Waals surface area contributed by atoms with Crippen LogP contribution in [0.5, 0.6) is 0 Å². The molecule has 1 heterocycles. The minimum absolute atomic E-state index is 0.179. The number of nitrogens with zero attached hydrogens (tertiary/aromatic N) is 1. The maximum atomic E-state index is 12.3. The van der Waals surface area contributed by atoms with Crippen LogP contribution in [0.15, 0.2) is 6.07 Å². The quantitative estimate of drug-likeness (QED) is 0.544. The van der Waals surface area contributed by atoms with E-state index in [1.54, 1.807) is 0 Å². The van der Waals surface area contributed by atoms with Crippen LogP contribution in [0.4, 0.5) is 22.0 Å². The van der Waals surface area contributed by atoms with Gasteiger partial charge in [-0.05, 0) is 6.07 Å². The fourth-order valence-electron chi connectivity index (χ4n) is 0.835. The molecule has 1 nitrogen and oxygen atoms in total. The van der Waals surface area contributed by atoms with Gasteiger partial charge in [-0.1, -0.05) is 23.2 Å². The maximum absolute atomic E-state index is 12.3. The first-order valence-corrected chi connectivity index (χ1v) is 4.20. The summed E-state index contributed by atoms with van der Waals surface area (Å²) in [7, 11) is 0. The van der Waals surface area contributed by atoms with Gasteiger partial charge in [-0.15, -0.1) is 0 Å². The lowest BCUT2D eigenvalue weighted by Crippen LogP contribution is -2.08. The van der Waals surface area contributed by atoms with Crippen LogP contribution in [-0.2, 0) is 6.18 Å². The van der Waals surface area contributed by atoms with Crippen molar-refractivity contribution in [2.24, 2.45) is 0 Å². The van der Waals surface area contributed by atoms with Gasteiger partial charge in [0.15, 0.2) is 0 Å². The summed E-state index contributed by atoms with van der Waals surface area (Å²) in [5.74, 6) is 0. The van der Waals surface area contributed by atoms with Crippen molar-refractivity contribution in [1.29, 1.82) is 0 Å². The summed E-state index contributed by atoms with van der Waals surface area (Å²) >= 11 is 10.4. The summed E-state index contributed by atoms with van der Waals surface area (Å²) in [6, 6.07) is 0.179. The third kappa shape index (κ3) is 2.69. The molecule has 0 aliphatic rings. The van der Waals surface area contributed by atoms with Crippen molar-refractivity contribution in [3.05, 3.63) is 27.5 Å². The van der Waals surface area contributed by atoms with Crippen molar-refractivity contribution in [3.8, 4) is 0 Å². The number of alkyl halides is 5. The van der Waals surface area contributed by atoms with Gasteiger partial charge in [-0.2, -0.15) is 13.2 Å². The lowest BCUT2D eigenvalue weighted by Gasteiger charge is -2.11. The van der Waals surface area contributed by atoms with E-state index in [1.807, 2.05) is 0 Å². The Labute approximate surface area is 90.8 Å². The van der Waals surface area contributed by atoms with E-state index in [-0.39, 0.29) is 6.07 Å². The first-order valence-electron chi connectivity index (χ1n) is 3.44. The van der Waals surface area contributed by atoms with Gasteiger partial charge in [-0.3, -0.25) is 0 Å². The number of pyridine rings is 1. The summed E-state index contributed by atoms with van der Waals surface area (Å²) < 4.78 is 61.0. The van der Waals surface area contributed by atoms with Gasteiger partial charge < -0.3 is 0 Å². The highest BCUT2D eigenvalue weighted by atomic mass is 35.5. The smallest absolute Gasteiger partial charge is 0.234 e. The van der Waals surface area contributed by atoms with Gasteiger partial charge in [0.25, 0.3) is 6.43 Å². The zero-order valence-corrected chi connectivity index (χ0v) is 8.26. The van der Waals surface area contributed by atoms with Crippen LogP contribution in [0.3, 0.4) is 0 Å². The molecular formula is C7H2Cl2F5N. The van der Waals surface area contributed by atoms with E-state index in [2.05, 4.69) is 4.98 Å². The average Bonchev–Trinajstić information content (AvgIpc) is 2.06. The van der Waals surface area contributed by atoms with E-state index in [1.165, 1.54) is 0 Å². The highest BCUT2D eigenvalue weighted by Gasteiger charge is 2.35. The molecule has 1 rings (SSSR count). The van der Waals surface area contributed by atoms with Crippen LogP contribution in [0.25, 0.3) is 0 Å². The Balaban J connectivity index is 3.38. The van der Waals surface area contributed by atoms with Gasteiger partial charge in [0.2, 0.25) is 0 Å². The number of hydrogen-bond acceptors (Lipinski definition) is 1. The molecule has 0 atom stereocenters. The van der Waals surface area contributed by atoms with Crippen molar-refractivity contribution in [3.63, 3.8) is 0 Å². The first kappa shape index (κ1) is 12.4. The van der Waals surface area contributed by atoms with E-state index in [4.69, 9.17) is 23.2 Å². The molecule has 1 aromatic heterocycles. The summed E-state index contributed by atoms with van der Waals surface area (Å²) in [6.45, 7) is 0. The molecule has 0 fully saturated rings. The highest BCUT2D eigenvalue weighted by molar-refractivity contribution is 6.41. The zero-order chi connectivity index (χ0) is 11.8. The van der Waals surface area contributed by atoms with E-state index < -0.39 is 34.0 Å². The Morgan fingerprint density at radius 2 is 1.73 bits per heavy atom. The molecule has 0 unspecified atom stereocenters. The molecule has 0 aromatic carbocycles. The minimum atomic E-state index is -4.84. The third-order valence-corrected chi connectivity index (χ3v) is 2.22. The molecule has 0 N–H and O–H groups in total. The topological polar surface area (TPSA) is 12.9 Å². The Bertz CT molecular complexity index is 376. The second-order valence-electron chi connectivity index (χ2n) is 2.50. The zero-order valence-electron chi connectivity index (χ0n) is 6.75. The Hall–Kier alpha value is -0.620. The fraction of sp³-hybridized carbons (Fsp3) is 0.286. The van der Waals surface area contributed by atoms with Crippen molar-refractivity contribution < 1.29 is 22.0 Å². The normalized spacial score (nSPS) is 12.3. The van der Waals surface area contributed by atoms with Crippen LogP contribution in [-0.4, -0.2) is 4.98 Å². The Morgan fingerprint density at radius 1 is 1.20 bits per heavy atom. The standard InChI is InChI=1S/C7H2Cl2F5N/c8-4-2(7(12,13)14)1-3(6(10)11)15-5(4)9/h1,6H. The monoisotopic (exact) mass is 265 g/mol. The van der Waals surface area contributed by atoms with Gasteiger partial charge in [0.05, 0.1) is 10.6 Å². The molecule has 0 saturated heterocycles. The Kier molecular flexibility index (Phi) is 3.40. The molecule has 0 bridgehead atoms. The molecule has 0 saturated carbocycles. The van der Waals surface area contributed by atoms with E-state index in [9.17, 15) is 22.0 Å². The number of halogens is 7. The fourth-order valence-corrected chi connectivity index (χ4v) is 1.24. The molecule has 84 valence electrons. The molecule has 1 aromatic rings. The van der Waals surface area contributed by atoms with Gasteiger partial charge in [-0.25, -0.2) is 13.8 Å². The lowest BCUT2D eigenvalue weighted by atomic mass is 10.2. The van der Waals surface area contributed by atoms with Gasteiger partial charge in [0.1, 0.15) is 10.8 Å². The minimum Gasteiger partial charge on any atom is -0.234 e. The first-order chi connectivity index (χ1) is 6.73. The van der Waals surface area contributed by atoms with Gasteiger partial charge in [0, 0.05) is 0 Å². The Morgan fingerprint density at radius 3 is 2.13 bits per heavy atom. The van der Waals surface area contributed by atoms with Crippen molar-refractivity contribution in [2.45, 2.75) is 12.6 Å². The summed E-state index contributed by atoms with van der Waals surface area (Å²) in [5.41, 5.74) is -2.48. The molecule has 0 aliphatic heterocycles. The van der Waals surface area contributed by atoms with Crippen LogP contribution < -0.4 is 0 Å². The summed E-state index contributed by atoms with van der Waals surface area (Å²) in [6.07, 6.45) is -7.98. The molecular weight excluding hydrogens is 264 g/mol. The summed E-state index contributed by atoms with van der Waals surface area (Å²) in [5, 5.41) is -1.67. The number of aromatic nitrogens is 1. The summed E-state index contributed by atoms with van der Waals surface area (Å²) in [4.78, 5) is 3.03. The number of rotatable bonds is 1. The van der Waals surface area contributed by atoms with Crippen LogP contribution in [0.2, 0.25) is 10.2 Å². The second-order valence-corrected chi connectivity index (χ2v) is 3.23. The molecule has 0 aliphatic carbocycles. The third-order valence-electron chi connectivity index (χ3n) is 1.47. The van der Waals surface area contributed by atoms with E-state index in [0.717, 1.165) is 0 Å². The average molecular weight is 266 g/mol. The predicted octanol–water partition coefficient (Wildman–Crippen LogP) is 4.34. The second kappa shape index (κ2) is 4.09. The van der Waals surface area contributed by atoms with E-state index in [0.29, 0.717) is 0 Å². The van der Waals surface area contributed by atoms with Gasteiger partial charge >= 0.3 is 6.18 Å². The predicted molar refractivity (Wildman–Crippen MR) is 44.2 cm³/mol. The van der Waals surface area contributed by atoms with Crippen molar-refractivity contribution >= 4 is 23.2 Å². The largest absolute Gasteiger partial charge is 0.418 e. The SMILES string of the molecule is FC(F)c1cc(C(F)(F)F)c(Cl)c(Cl)n1. The van der Waals surface area contributed by atoms with E-state index >= 15 is 0 Å². The van der Waals surface area contributed by atoms with Crippen molar-refractivity contribution in [2.75, 3.05) is 0 Å². The van der Waals surface area contributed by atoms with Crippen molar-refractivity contribution in [1.82, 2.24) is 4.98 Å². The molecule has 8 heteroatoms. The maximum Gasteiger partial charge on any atom is 0.418 e. The molecule has 0 spiro atoms. The molecule has 0 radical (unpaired) electrons. The van der Waals surface area contributed by atoms with Crippen LogP contribution >= 0.6 is 23.2 Å².